The molecule has 4 heteroatoms. The second kappa shape index (κ2) is 7.36. The molecule has 1 aromatic rings. The van der Waals surface area contributed by atoms with Crippen molar-refractivity contribution in [3.63, 3.8) is 0 Å². The van der Waals surface area contributed by atoms with Gasteiger partial charge in [0.25, 0.3) is 0 Å². The van der Waals surface area contributed by atoms with Gasteiger partial charge < -0.3 is 9.64 Å². The Hall–Kier alpha value is -1.22. The van der Waals surface area contributed by atoms with Crippen LogP contribution in [0, 0.1) is 5.41 Å². The van der Waals surface area contributed by atoms with E-state index in [9.17, 15) is 4.79 Å². The lowest BCUT2D eigenvalue weighted by Gasteiger charge is -2.31. The number of hydrogen-bond acceptors (Lipinski definition) is 2. The molecule has 3 nitrogen and oxygen atoms in total. The Morgan fingerprint density at radius 1 is 1.32 bits per heavy atom. The van der Waals surface area contributed by atoms with E-state index in [4.69, 9.17) is 16.3 Å². The highest BCUT2D eigenvalue weighted by Gasteiger charge is 2.33. The van der Waals surface area contributed by atoms with Crippen LogP contribution >= 0.6 is 11.6 Å². The first-order valence-corrected chi connectivity index (χ1v) is 8.50. The quantitative estimate of drug-likeness (QED) is 0.782. The summed E-state index contributed by atoms with van der Waals surface area (Å²) in [5.74, 6) is 1.79. The molecule has 0 bridgehead atoms. The summed E-state index contributed by atoms with van der Waals surface area (Å²) >= 11 is 5.97. The molecule has 0 radical (unpaired) electrons. The molecule has 1 amide bonds. The lowest BCUT2D eigenvalue weighted by Crippen LogP contribution is -2.43. The number of rotatable bonds is 4. The third-order valence-corrected chi connectivity index (χ3v) is 5.13. The van der Waals surface area contributed by atoms with Crippen molar-refractivity contribution in [2.75, 3.05) is 26.1 Å². The minimum atomic E-state index is -0.490. The van der Waals surface area contributed by atoms with Crippen molar-refractivity contribution in [3.05, 3.63) is 29.8 Å². The van der Waals surface area contributed by atoms with Crippen LogP contribution in [0.15, 0.2) is 24.3 Å². The molecule has 1 aliphatic heterocycles. The largest absolute Gasteiger partial charge is 0.497 e. The zero-order valence-electron chi connectivity index (χ0n) is 13.8. The van der Waals surface area contributed by atoms with Crippen molar-refractivity contribution in [2.24, 2.45) is 5.41 Å². The van der Waals surface area contributed by atoms with Gasteiger partial charge in [0, 0.05) is 24.9 Å². The molecular weight excluding hydrogens is 298 g/mol. The molecule has 1 atom stereocenters. The highest BCUT2D eigenvalue weighted by atomic mass is 35.5. The van der Waals surface area contributed by atoms with Gasteiger partial charge in [0.1, 0.15) is 5.75 Å². The Kier molecular flexibility index (Phi) is 5.74. The Morgan fingerprint density at radius 2 is 2.00 bits per heavy atom. The molecule has 0 aliphatic carbocycles. The smallest absolute Gasteiger partial charge is 0.229 e. The number of benzene rings is 1. The van der Waals surface area contributed by atoms with Gasteiger partial charge >= 0.3 is 0 Å². The lowest BCUT2D eigenvalue weighted by atomic mass is 9.92. The molecule has 1 unspecified atom stereocenters. The van der Waals surface area contributed by atoms with E-state index >= 15 is 0 Å². The Labute approximate surface area is 138 Å². The van der Waals surface area contributed by atoms with E-state index < -0.39 is 5.41 Å². The molecule has 22 heavy (non-hydrogen) atoms. The van der Waals surface area contributed by atoms with Crippen molar-refractivity contribution in [1.82, 2.24) is 4.90 Å². The first kappa shape index (κ1) is 17.1. The summed E-state index contributed by atoms with van der Waals surface area (Å²) in [6, 6.07) is 8.22. The predicted molar refractivity (Wildman–Crippen MR) is 90.7 cm³/mol. The zero-order valence-corrected chi connectivity index (χ0v) is 14.5. The molecule has 0 aromatic heterocycles. The molecule has 122 valence electrons. The molecule has 2 rings (SSSR count). The molecule has 1 saturated heterocycles. The number of carbonyl (C=O) groups is 1. The van der Waals surface area contributed by atoms with Gasteiger partial charge in [-0.2, -0.15) is 0 Å². The summed E-state index contributed by atoms with van der Waals surface area (Å²) in [7, 11) is 1.68. The number of ether oxygens (including phenoxy) is 1. The maximum atomic E-state index is 12.7. The molecule has 0 saturated carbocycles. The van der Waals surface area contributed by atoms with E-state index in [1.807, 2.05) is 30.9 Å². The van der Waals surface area contributed by atoms with E-state index in [-0.39, 0.29) is 5.91 Å². The van der Waals surface area contributed by atoms with Crippen LogP contribution in [-0.2, 0) is 4.79 Å². The van der Waals surface area contributed by atoms with Crippen LogP contribution in [0.2, 0.25) is 0 Å². The lowest BCUT2D eigenvalue weighted by molar-refractivity contribution is -0.139. The monoisotopic (exact) mass is 323 g/mol. The van der Waals surface area contributed by atoms with Crippen LogP contribution in [0.25, 0.3) is 0 Å². The maximum absolute atomic E-state index is 12.7. The Morgan fingerprint density at radius 3 is 2.59 bits per heavy atom. The first-order chi connectivity index (χ1) is 10.5. The van der Waals surface area contributed by atoms with Crippen molar-refractivity contribution in [3.8, 4) is 5.75 Å². The number of halogens is 1. The highest BCUT2D eigenvalue weighted by molar-refractivity contribution is 6.19. The minimum absolute atomic E-state index is 0.169. The van der Waals surface area contributed by atoms with E-state index in [2.05, 4.69) is 12.1 Å². The van der Waals surface area contributed by atoms with Gasteiger partial charge in [-0.05, 0) is 44.4 Å². The van der Waals surface area contributed by atoms with E-state index in [1.165, 1.54) is 5.56 Å². The number of carbonyl (C=O) groups excluding carboxylic acids is 1. The summed E-state index contributed by atoms with van der Waals surface area (Å²) in [5, 5.41) is 0. The molecule has 1 heterocycles. The average Bonchev–Trinajstić information content (AvgIpc) is 2.80. The first-order valence-electron chi connectivity index (χ1n) is 7.97. The van der Waals surface area contributed by atoms with Gasteiger partial charge in [-0.25, -0.2) is 0 Å². The molecular formula is C18H26ClNO2. The van der Waals surface area contributed by atoms with Crippen molar-refractivity contribution in [2.45, 2.75) is 39.0 Å². The summed E-state index contributed by atoms with van der Waals surface area (Å²) in [5.41, 5.74) is 0.792. The van der Waals surface area contributed by atoms with E-state index in [0.29, 0.717) is 11.8 Å². The number of likely N-dealkylation sites (tertiary alicyclic amines) is 1. The fourth-order valence-corrected chi connectivity index (χ4v) is 3.07. The van der Waals surface area contributed by atoms with Crippen molar-refractivity contribution in [1.29, 1.82) is 0 Å². The number of nitrogens with zero attached hydrogens (tertiary/aromatic N) is 1. The van der Waals surface area contributed by atoms with Crippen molar-refractivity contribution < 1.29 is 9.53 Å². The summed E-state index contributed by atoms with van der Waals surface area (Å²) in [6.45, 7) is 5.47. The van der Waals surface area contributed by atoms with Gasteiger partial charge in [0.15, 0.2) is 0 Å². The predicted octanol–water partition coefficient (Wildman–Crippen LogP) is 4.06. The molecule has 0 spiro atoms. The number of alkyl halides is 1. The van der Waals surface area contributed by atoms with Crippen LogP contribution < -0.4 is 4.74 Å². The normalized spacial score (nSPS) is 19.6. The van der Waals surface area contributed by atoms with E-state index in [0.717, 1.165) is 38.1 Å². The van der Waals surface area contributed by atoms with Crippen LogP contribution in [0.5, 0.6) is 5.75 Å². The Balaban J connectivity index is 2.14. The van der Waals surface area contributed by atoms with Gasteiger partial charge in [0.05, 0.1) is 12.5 Å². The number of methoxy groups -OCH3 is 1. The maximum Gasteiger partial charge on any atom is 0.229 e. The third-order valence-electron chi connectivity index (χ3n) is 4.46. The van der Waals surface area contributed by atoms with Gasteiger partial charge in [-0.15, -0.1) is 11.6 Å². The molecule has 1 aromatic carbocycles. The van der Waals surface area contributed by atoms with Crippen LogP contribution in [0.3, 0.4) is 0 Å². The summed E-state index contributed by atoms with van der Waals surface area (Å²) in [6.07, 6.45) is 3.34. The molecule has 1 aliphatic rings. The van der Waals surface area contributed by atoms with Crippen LogP contribution in [-0.4, -0.2) is 36.9 Å². The fourth-order valence-electron chi connectivity index (χ4n) is 2.96. The minimum Gasteiger partial charge on any atom is -0.497 e. The number of amides is 1. The van der Waals surface area contributed by atoms with E-state index in [1.54, 1.807) is 7.11 Å². The SMILES string of the molecule is COc1ccc(C2CCCCN(C(=O)C(C)(C)CCl)C2)cc1. The highest BCUT2D eigenvalue weighted by Crippen LogP contribution is 2.30. The standard InChI is InChI=1S/C18H26ClNO2/c1-18(2,13-19)17(21)20-11-5-4-6-15(12-20)14-7-9-16(22-3)10-8-14/h7-10,15H,4-6,11-13H2,1-3H3. The number of hydrogen-bond donors (Lipinski definition) is 0. The summed E-state index contributed by atoms with van der Waals surface area (Å²) < 4.78 is 5.22. The average molecular weight is 324 g/mol. The van der Waals surface area contributed by atoms with Crippen molar-refractivity contribution >= 4 is 17.5 Å². The summed E-state index contributed by atoms with van der Waals surface area (Å²) in [4.78, 5) is 14.7. The second-order valence-corrected chi connectivity index (χ2v) is 7.00. The van der Waals surface area contributed by atoms with Gasteiger partial charge in [0.2, 0.25) is 5.91 Å². The molecule has 0 N–H and O–H groups in total. The molecule has 1 fully saturated rings. The van der Waals surface area contributed by atoms with Crippen LogP contribution in [0.1, 0.15) is 44.6 Å². The zero-order chi connectivity index (χ0) is 16.2. The van der Waals surface area contributed by atoms with Gasteiger partial charge in [-0.3, -0.25) is 4.79 Å². The second-order valence-electron chi connectivity index (χ2n) is 6.73. The topological polar surface area (TPSA) is 29.5 Å². The fraction of sp³-hybridized carbons (Fsp3) is 0.611. The van der Waals surface area contributed by atoms with Crippen LogP contribution in [0.4, 0.5) is 0 Å². The van der Waals surface area contributed by atoms with Gasteiger partial charge in [-0.1, -0.05) is 18.6 Å². The third kappa shape index (κ3) is 3.95. The Bertz CT molecular complexity index is 498.